The van der Waals surface area contributed by atoms with Crippen LogP contribution < -0.4 is 4.90 Å². The summed E-state index contributed by atoms with van der Waals surface area (Å²) in [6, 6.07) is 16.2. The Kier molecular flexibility index (Phi) is 6.58. The Morgan fingerprint density at radius 3 is 2.40 bits per heavy atom. The first kappa shape index (κ1) is 19.0. The van der Waals surface area contributed by atoms with Crippen molar-refractivity contribution >= 4 is 29.0 Å². The van der Waals surface area contributed by atoms with Crippen LogP contribution in [0.4, 0.5) is 11.4 Å². The molecule has 0 heterocycles. The predicted octanol–water partition coefficient (Wildman–Crippen LogP) is 4.83. The van der Waals surface area contributed by atoms with Crippen LogP contribution in [0, 0.1) is 10.1 Å². The third-order valence-electron chi connectivity index (χ3n) is 3.83. The lowest BCUT2D eigenvalue weighted by Crippen LogP contribution is -2.38. The number of anilines is 1. The number of thioether (sulfide) groups is 1. The Hall–Kier alpha value is -2.34. The molecule has 0 fully saturated rings. The lowest BCUT2D eigenvalue weighted by Gasteiger charge is -2.27. The van der Waals surface area contributed by atoms with Crippen LogP contribution in [-0.2, 0) is 4.79 Å². The maximum atomic E-state index is 12.7. The van der Waals surface area contributed by atoms with Crippen LogP contribution in [0.5, 0.6) is 0 Å². The van der Waals surface area contributed by atoms with Gasteiger partial charge >= 0.3 is 0 Å². The van der Waals surface area contributed by atoms with Crippen LogP contribution in [0.15, 0.2) is 54.6 Å². The largest absolute Gasteiger partial charge is 0.309 e. The average molecular weight is 358 g/mol. The second kappa shape index (κ2) is 8.67. The Labute approximate surface area is 152 Å². The number of carbonyl (C=O) groups is 1. The van der Waals surface area contributed by atoms with Gasteiger partial charge in [-0.3, -0.25) is 14.9 Å². The molecular weight excluding hydrogens is 336 g/mol. The SMILES string of the molecule is CC(C)N(C(=O)CS[C@@H](C)c1cccc([N+](=O)[O-])c1)c1ccccc1. The molecule has 0 unspecified atom stereocenters. The number of nitro groups is 1. The fourth-order valence-corrected chi connectivity index (χ4v) is 3.44. The Balaban J connectivity index is 2.05. The zero-order valence-corrected chi connectivity index (χ0v) is 15.4. The molecule has 6 heteroatoms. The van der Waals surface area contributed by atoms with Crippen molar-refractivity contribution in [1.82, 2.24) is 0 Å². The topological polar surface area (TPSA) is 63.5 Å². The van der Waals surface area contributed by atoms with Gasteiger partial charge in [0.05, 0.1) is 10.7 Å². The Morgan fingerprint density at radius 2 is 1.80 bits per heavy atom. The molecule has 25 heavy (non-hydrogen) atoms. The number of amides is 1. The molecule has 5 nitrogen and oxygen atoms in total. The summed E-state index contributed by atoms with van der Waals surface area (Å²) in [7, 11) is 0. The van der Waals surface area contributed by atoms with E-state index in [4.69, 9.17) is 0 Å². The highest BCUT2D eigenvalue weighted by atomic mass is 32.2. The highest BCUT2D eigenvalue weighted by Gasteiger charge is 2.20. The molecule has 0 saturated carbocycles. The lowest BCUT2D eigenvalue weighted by atomic mass is 10.1. The number of nitro benzene ring substituents is 1. The van der Waals surface area contributed by atoms with E-state index < -0.39 is 4.92 Å². The van der Waals surface area contributed by atoms with Crippen LogP contribution in [-0.4, -0.2) is 22.6 Å². The molecule has 0 saturated heterocycles. The minimum atomic E-state index is -0.401. The standard InChI is InChI=1S/C19H22N2O3S/c1-14(2)20(17-9-5-4-6-10-17)19(22)13-25-15(3)16-8-7-11-18(12-16)21(23)24/h4-12,14-15H,13H2,1-3H3/t15-/m0/s1. The third-order valence-corrected chi connectivity index (χ3v) is 5.01. The fraction of sp³-hybridized carbons (Fsp3) is 0.316. The molecule has 2 aromatic rings. The molecule has 132 valence electrons. The molecule has 1 atom stereocenters. The quantitative estimate of drug-likeness (QED) is 0.525. The van der Waals surface area contributed by atoms with Gasteiger partial charge in [0, 0.05) is 29.1 Å². The van der Waals surface area contributed by atoms with Crippen molar-refractivity contribution in [3.8, 4) is 0 Å². The minimum Gasteiger partial charge on any atom is -0.309 e. The molecule has 0 N–H and O–H groups in total. The van der Waals surface area contributed by atoms with Crippen molar-refractivity contribution in [2.75, 3.05) is 10.7 Å². The van der Waals surface area contributed by atoms with E-state index in [0.29, 0.717) is 5.75 Å². The molecular formula is C19H22N2O3S. The number of hydrogen-bond acceptors (Lipinski definition) is 4. The summed E-state index contributed by atoms with van der Waals surface area (Å²) in [6.07, 6.45) is 0. The van der Waals surface area contributed by atoms with Gasteiger partial charge < -0.3 is 4.90 Å². The summed E-state index contributed by atoms with van der Waals surface area (Å²) in [5, 5.41) is 10.9. The molecule has 0 aliphatic heterocycles. The van der Waals surface area contributed by atoms with Crippen molar-refractivity contribution in [1.29, 1.82) is 0 Å². The summed E-state index contributed by atoms with van der Waals surface area (Å²) in [5.74, 6) is 0.347. The monoisotopic (exact) mass is 358 g/mol. The van der Waals surface area contributed by atoms with Crippen LogP contribution in [0.3, 0.4) is 0 Å². The van der Waals surface area contributed by atoms with Gasteiger partial charge in [-0.05, 0) is 38.5 Å². The number of carbonyl (C=O) groups excluding carboxylic acids is 1. The van der Waals surface area contributed by atoms with Gasteiger partial charge in [-0.25, -0.2) is 0 Å². The van der Waals surface area contributed by atoms with Gasteiger partial charge in [0.25, 0.3) is 5.69 Å². The van der Waals surface area contributed by atoms with Gasteiger partial charge in [0.15, 0.2) is 0 Å². The van der Waals surface area contributed by atoms with E-state index in [1.165, 1.54) is 17.8 Å². The van der Waals surface area contributed by atoms with E-state index in [1.54, 1.807) is 17.0 Å². The second-order valence-electron chi connectivity index (χ2n) is 6.00. The highest BCUT2D eigenvalue weighted by Crippen LogP contribution is 2.31. The Bertz CT molecular complexity index is 734. The molecule has 0 spiro atoms. The molecule has 0 radical (unpaired) electrons. The number of hydrogen-bond donors (Lipinski definition) is 0. The number of benzene rings is 2. The molecule has 0 aliphatic carbocycles. The van der Waals surface area contributed by atoms with Crippen LogP contribution >= 0.6 is 11.8 Å². The van der Waals surface area contributed by atoms with Crippen molar-refractivity contribution in [2.45, 2.75) is 32.1 Å². The first-order chi connectivity index (χ1) is 11.9. The lowest BCUT2D eigenvalue weighted by molar-refractivity contribution is -0.384. The van der Waals surface area contributed by atoms with Crippen molar-refractivity contribution < 1.29 is 9.72 Å². The molecule has 0 aliphatic rings. The van der Waals surface area contributed by atoms with E-state index in [1.807, 2.05) is 57.2 Å². The third kappa shape index (κ3) is 5.06. The number of non-ortho nitro benzene ring substituents is 1. The minimum absolute atomic E-state index is 0.00589. The predicted molar refractivity (Wildman–Crippen MR) is 103 cm³/mol. The second-order valence-corrected chi connectivity index (χ2v) is 7.33. The van der Waals surface area contributed by atoms with Gasteiger partial charge in [-0.2, -0.15) is 0 Å². The fourth-order valence-electron chi connectivity index (χ4n) is 2.57. The van der Waals surface area contributed by atoms with E-state index >= 15 is 0 Å². The average Bonchev–Trinajstić information content (AvgIpc) is 2.60. The molecule has 2 rings (SSSR count). The number of para-hydroxylation sites is 1. The van der Waals surface area contributed by atoms with Gasteiger partial charge in [0.1, 0.15) is 0 Å². The van der Waals surface area contributed by atoms with Crippen molar-refractivity contribution in [3.63, 3.8) is 0 Å². The maximum absolute atomic E-state index is 12.7. The zero-order chi connectivity index (χ0) is 18.4. The van der Waals surface area contributed by atoms with Crippen molar-refractivity contribution in [3.05, 3.63) is 70.3 Å². The zero-order valence-electron chi connectivity index (χ0n) is 14.6. The Morgan fingerprint density at radius 1 is 1.12 bits per heavy atom. The highest BCUT2D eigenvalue weighted by molar-refractivity contribution is 8.00. The molecule has 0 aromatic heterocycles. The molecule has 0 bridgehead atoms. The summed E-state index contributed by atoms with van der Waals surface area (Å²) >= 11 is 1.48. The van der Waals surface area contributed by atoms with Gasteiger partial charge in [0.2, 0.25) is 5.91 Å². The normalized spacial score (nSPS) is 12.0. The van der Waals surface area contributed by atoms with E-state index in [9.17, 15) is 14.9 Å². The van der Waals surface area contributed by atoms with Crippen LogP contribution in [0.25, 0.3) is 0 Å². The summed E-state index contributed by atoms with van der Waals surface area (Å²) in [6.45, 7) is 5.93. The summed E-state index contributed by atoms with van der Waals surface area (Å²) in [4.78, 5) is 25.0. The maximum Gasteiger partial charge on any atom is 0.269 e. The van der Waals surface area contributed by atoms with Gasteiger partial charge in [-0.1, -0.05) is 30.3 Å². The number of rotatable bonds is 7. The number of nitrogens with zero attached hydrogens (tertiary/aromatic N) is 2. The van der Waals surface area contributed by atoms with E-state index in [2.05, 4.69) is 0 Å². The first-order valence-corrected chi connectivity index (χ1v) is 9.18. The first-order valence-electron chi connectivity index (χ1n) is 8.13. The molecule has 2 aromatic carbocycles. The van der Waals surface area contributed by atoms with E-state index in [-0.39, 0.29) is 22.9 Å². The van der Waals surface area contributed by atoms with Crippen LogP contribution in [0.1, 0.15) is 31.6 Å². The smallest absolute Gasteiger partial charge is 0.269 e. The summed E-state index contributed by atoms with van der Waals surface area (Å²) < 4.78 is 0. The summed E-state index contributed by atoms with van der Waals surface area (Å²) in [5.41, 5.74) is 1.80. The van der Waals surface area contributed by atoms with Crippen LogP contribution in [0.2, 0.25) is 0 Å². The molecule has 1 amide bonds. The van der Waals surface area contributed by atoms with Crippen molar-refractivity contribution in [2.24, 2.45) is 0 Å². The van der Waals surface area contributed by atoms with E-state index in [0.717, 1.165) is 11.3 Å². The van der Waals surface area contributed by atoms with Gasteiger partial charge in [-0.15, -0.1) is 11.8 Å².